The van der Waals surface area contributed by atoms with Crippen LogP contribution in [0.15, 0.2) is 30.5 Å². The van der Waals surface area contributed by atoms with Crippen LogP contribution in [0.2, 0.25) is 0 Å². The zero-order chi connectivity index (χ0) is 19.1. The van der Waals surface area contributed by atoms with Crippen LogP contribution in [0, 0.1) is 0 Å². The average molecular weight is 369 g/mol. The first kappa shape index (κ1) is 18.9. The third kappa shape index (κ3) is 4.87. The number of nitrogens with zero attached hydrogens (tertiary/aromatic N) is 4. The van der Waals surface area contributed by atoms with Gasteiger partial charge in [-0.3, -0.25) is 0 Å². The van der Waals surface area contributed by atoms with Crippen molar-refractivity contribution in [2.75, 3.05) is 18.9 Å². The van der Waals surface area contributed by atoms with Gasteiger partial charge in [0.05, 0.1) is 25.1 Å². The van der Waals surface area contributed by atoms with Gasteiger partial charge < -0.3 is 15.2 Å². The Balaban J connectivity index is 1.74. The fourth-order valence-corrected chi connectivity index (χ4v) is 2.66. The predicted molar refractivity (Wildman–Crippen MR) is 105 cm³/mol. The van der Waals surface area contributed by atoms with Crippen LogP contribution in [-0.2, 0) is 6.42 Å². The van der Waals surface area contributed by atoms with Gasteiger partial charge in [-0.2, -0.15) is 4.98 Å². The number of ether oxygens (including phenoxy) is 2. The molecule has 0 fully saturated rings. The first-order valence-corrected chi connectivity index (χ1v) is 9.56. The van der Waals surface area contributed by atoms with E-state index in [1.165, 1.54) is 0 Å². The van der Waals surface area contributed by atoms with E-state index in [1.807, 2.05) is 12.1 Å². The zero-order valence-electron chi connectivity index (χ0n) is 16.0. The second-order valence-electron chi connectivity index (χ2n) is 6.49. The van der Waals surface area contributed by atoms with E-state index in [-0.39, 0.29) is 6.01 Å². The number of fused-ring (bicyclic) bond motifs is 1. The van der Waals surface area contributed by atoms with Crippen LogP contribution in [0.3, 0.4) is 0 Å². The molecule has 0 unspecified atom stereocenters. The molecule has 0 atom stereocenters. The van der Waals surface area contributed by atoms with E-state index in [1.54, 1.807) is 10.7 Å². The Morgan fingerprint density at radius 3 is 2.41 bits per heavy atom. The largest absolute Gasteiger partial charge is 0.494 e. The van der Waals surface area contributed by atoms with Crippen molar-refractivity contribution < 1.29 is 9.47 Å². The van der Waals surface area contributed by atoms with E-state index < -0.39 is 0 Å². The fraction of sp³-hybridized carbons (Fsp3) is 0.450. The van der Waals surface area contributed by atoms with Gasteiger partial charge in [-0.15, -0.1) is 5.10 Å². The molecule has 0 spiro atoms. The third-order valence-corrected chi connectivity index (χ3v) is 4.24. The van der Waals surface area contributed by atoms with Gasteiger partial charge in [0.15, 0.2) is 11.5 Å². The second kappa shape index (κ2) is 9.21. The highest BCUT2D eigenvalue weighted by molar-refractivity contribution is 5.59. The number of rotatable bonds is 10. The quantitative estimate of drug-likeness (QED) is 0.549. The van der Waals surface area contributed by atoms with Crippen molar-refractivity contribution >= 4 is 11.5 Å². The van der Waals surface area contributed by atoms with E-state index in [2.05, 4.69) is 41.0 Å². The standard InChI is InChI=1S/C20H27N5O2/c1-3-5-11-26-17-9-7-15(8-10-17)13-16-14-22-19-18(21)23-20(24-25(16)19)27-12-6-4-2/h7-10,14H,3-6,11-13H2,1-2H3,(H2,21,23,24). The number of unbranched alkanes of at least 4 members (excludes halogenated alkanes) is 2. The van der Waals surface area contributed by atoms with Gasteiger partial charge in [0.1, 0.15) is 5.75 Å². The van der Waals surface area contributed by atoms with E-state index in [0.717, 1.165) is 49.3 Å². The molecule has 0 aliphatic carbocycles. The summed E-state index contributed by atoms with van der Waals surface area (Å²) in [4.78, 5) is 8.54. The number of aromatic nitrogens is 4. The van der Waals surface area contributed by atoms with Crippen molar-refractivity contribution in [1.29, 1.82) is 0 Å². The lowest BCUT2D eigenvalue weighted by Crippen LogP contribution is -2.09. The summed E-state index contributed by atoms with van der Waals surface area (Å²) in [5.41, 5.74) is 8.64. The number of anilines is 1. The lowest BCUT2D eigenvalue weighted by molar-refractivity contribution is 0.280. The summed E-state index contributed by atoms with van der Waals surface area (Å²) in [6.45, 7) is 5.58. The molecule has 7 nitrogen and oxygen atoms in total. The van der Waals surface area contributed by atoms with Crippen LogP contribution in [0.25, 0.3) is 5.65 Å². The van der Waals surface area contributed by atoms with Gasteiger partial charge in [-0.25, -0.2) is 9.50 Å². The first-order valence-electron chi connectivity index (χ1n) is 9.56. The number of nitrogens with two attached hydrogens (primary N) is 1. The summed E-state index contributed by atoms with van der Waals surface area (Å²) in [6.07, 6.45) is 6.65. The number of imidazole rings is 1. The van der Waals surface area contributed by atoms with Crippen molar-refractivity contribution in [2.45, 2.75) is 46.0 Å². The molecule has 0 aliphatic heterocycles. The smallest absolute Gasteiger partial charge is 0.336 e. The molecule has 0 saturated carbocycles. The van der Waals surface area contributed by atoms with Gasteiger partial charge in [-0.05, 0) is 30.5 Å². The molecule has 3 rings (SSSR count). The Labute approximate surface area is 159 Å². The van der Waals surface area contributed by atoms with Gasteiger partial charge in [0.25, 0.3) is 0 Å². The molecule has 2 N–H and O–H groups in total. The van der Waals surface area contributed by atoms with Crippen LogP contribution in [0.1, 0.15) is 50.8 Å². The van der Waals surface area contributed by atoms with Gasteiger partial charge in [0, 0.05) is 6.42 Å². The number of nitrogen functional groups attached to an aromatic ring is 1. The summed E-state index contributed by atoms with van der Waals surface area (Å²) < 4.78 is 13.0. The predicted octanol–water partition coefficient (Wildman–Crippen LogP) is 3.66. The Hall–Kier alpha value is -2.83. The van der Waals surface area contributed by atoms with Crippen molar-refractivity contribution in [2.24, 2.45) is 0 Å². The summed E-state index contributed by atoms with van der Waals surface area (Å²) in [5.74, 6) is 1.21. The molecule has 2 heterocycles. The highest BCUT2D eigenvalue weighted by atomic mass is 16.5. The van der Waals surface area contributed by atoms with Crippen molar-refractivity contribution in [3.8, 4) is 11.8 Å². The third-order valence-electron chi connectivity index (χ3n) is 4.24. The molecule has 7 heteroatoms. The SMILES string of the molecule is CCCCOc1ccc(Cc2cnc3c(N)nc(OCCCC)nn23)cc1. The Bertz CT molecular complexity index is 861. The zero-order valence-corrected chi connectivity index (χ0v) is 16.0. The van der Waals surface area contributed by atoms with Crippen LogP contribution in [0.4, 0.5) is 5.82 Å². The molecule has 1 aromatic carbocycles. The topological polar surface area (TPSA) is 87.6 Å². The van der Waals surface area contributed by atoms with Gasteiger partial charge in [-0.1, -0.05) is 38.8 Å². The van der Waals surface area contributed by atoms with Crippen LogP contribution in [-0.4, -0.2) is 32.8 Å². The molecular weight excluding hydrogens is 342 g/mol. The summed E-state index contributed by atoms with van der Waals surface area (Å²) in [7, 11) is 0. The highest BCUT2D eigenvalue weighted by Crippen LogP contribution is 2.19. The highest BCUT2D eigenvalue weighted by Gasteiger charge is 2.12. The average Bonchev–Trinajstić information content (AvgIpc) is 3.07. The number of hydrogen-bond donors (Lipinski definition) is 1. The summed E-state index contributed by atoms with van der Waals surface area (Å²) >= 11 is 0. The molecule has 2 aromatic heterocycles. The van der Waals surface area contributed by atoms with Crippen LogP contribution in [0.5, 0.6) is 11.8 Å². The first-order chi connectivity index (χ1) is 13.2. The van der Waals surface area contributed by atoms with E-state index in [9.17, 15) is 0 Å². The molecule has 27 heavy (non-hydrogen) atoms. The Morgan fingerprint density at radius 1 is 1.00 bits per heavy atom. The second-order valence-corrected chi connectivity index (χ2v) is 6.49. The molecule has 0 saturated heterocycles. The van der Waals surface area contributed by atoms with Crippen molar-refractivity contribution in [3.05, 3.63) is 41.7 Å². The molecule has 0 radical (unpaired) electrons. The van der Waals surface area contributed by atoms with E-state index in [4.69, 9.17) is 15.2 Å². The summed E-state index contributed by atoms with van der Waals surface area (Å²) in [5, 5.41) is 4.45. The van der Waals surface area contributed by atoms with Gasteiger partial charge in [0.2, 0.25) is 0 Å². The normalized spacial score (nSPS) is 11.0. The monoisotopic (exact) mass is 369 g/mol. The van der Waals surface area contributed by atoms with Gasteiger partial charge >= 0.3 is 6.01 Å². The number of benzene rings is 1. The molecule has 144 valence electrons. The van der Waals surface area contributed by atoms with Crippen LogP contribution < -0.4 is 15.2 Å². The minimum absolute atomic E-state index is 0.285. The lowest BCUT2D eigenvalue weighted by atomic mass is 10.1. The molecule has 3 aromatic rings. The van der Waals surface area contributed by atoms with E-state index >= 15 is 0 Å². The maximum Gasteiger partial charge on any atom is 0.336 e. The fourth-order valence-electron chi connectivity index (χ4n) is 2.66. The molecule has 0 amide bonds. The summed E-state index contributed by atoms with van der Waals surface area (Å²) in [6, 6.07) is 8.40. The maximum atomic E-state index is 6.01. The lowest BCUT2D eigenvalue weighted by Gasteiger charge is -2.08. The maximum absolute atomic E-state index is 6.01. The Morgan fingerprint density at radius 2 is 1.70 bits per heavy atom. The number of hydrogen-bond acceptors (Lipinski definition) is 6. The molecule has 0 aliphatic rings. The Kier molecular flexibility index (Phi) is 6.46. The molecule has 0 bridgehead atoms. The minimum Gasteiger partial charge on any atom is -0.494 e. The molecular formula is C20H27N5O2. The van der Waals surface area contributed by atoms with Crippen molar-refractivity contribution in [1.82, 2.24) is 19.6 Å². The minimum atomic E-state index is 0.285. The van der Waals surface area contributed by atoms with E-state index in [0.29, 0.717) is 24.5 Å². The van der Waals surface area contributed by atoms with Crippen molar-refractivity contribution in [3.63, 3.8) is 0 Å². The van der Waals surface area contributed by atoms with Crippen LogP contribution >= 0.6 is 0 Å².